The van der Waals surface area contributed by atoms with Gasteiger partial charge in [0.25, 0.3) is 0 Å². The SMILES string of the molecule is CCCC(=O)c1cc(C)c(C)cc1O. The molecule has 1 rings (SSSR count). The fourth-order valence-corrected chi connectivity index (χ4v) is 1.39. The van der Waals surface area contributed by atoms with Gasteiger partial charge in [0.2, 0.25) is 0 Å². The molecule has 2 nitrogen and oxygen atoms in total. The van der Waals surface area contributed by atoms with Crippen molar-refractivity contribution in [1.82, 2.24) is 0 Å². The fraction of sp³-hybridized carbons (Fsp3) is 0.417. The number of hydrogen-bond donors (Lipinski definition) is 1. The van der Waals surface area contributed by atoms with Gasteiger partial charge in [-0.25, -0.2) is 0 Å². The molecule has 0 bridgehead atoms. The van der Waals surface area contributed by atoms with Crippen molar-refractivity contribution in [2.24, 2.45) is 0 Å². The largest absolute Gasteiger partial charge is 0.507 e. The zero-order chi connectivity index (χ0) is 10.7. The molecular formula is C12H16O2. The number of carbonyl (C=O) groups excluding carboxylic acids is 1. The minimum Gasteiger partial charge on any atom is -0.507 e. The molecule has 0 aliphatic carbocycles. The Morgan fingerprint density at radius 1 is 1.29 bits per heavy atom. The molecule has 0 fully saturated rings. The Balaban J connectivity index is 3.09. The number of aromatic hydroxyl groups is 1. The molecule has 0 heterocycles. The maximum Gasteiger partial charge on any atom is 0.166 e. The number of Topliss-reactive ketones (excluding diaryl/α,β-unsaturated/α-hetero) is 1. The molecule has 0 amide bonds. The van der Waals surface area contributed by atoms with E-state index in [0.717, 1.165) is 17.5 Å². The molecule has 0 aliphatic heterocycles. The maximum absolute atomic E-state index is 11.6. The highest BCUT2D eigenvalue weighted by atomic mass is 16.3. The lowest BCUT2D eigenvalue weighted by molar-refractivity contribution is 0.0979. The molecule has 0 saturated heterocycles. The summed E-state index contributed by atoms with van der Waals surface area (Å²) in [5, 5.41) is 9.59. The van der Waals surface area contributed by atoms with Gasteiger partial charge in [0.1, 0.15) is 5.75 Å². The molecule has 1 aromatic rings. The minimum absolute atomic E-state index is 0.0214. The van der Waals surface area contributed by atoms with Crippen molar-refractivity contribution in [1.29, 1.82) is 0 Å². The standard InChI is InChI=1S/C12H16O2/c1-4-5-11(13)10-6-8(2)9(3)7-12(10)14/h6-7,14H,4-5H2,1-3H3. The predicted octanol–water partition coefficient (Wildman–Crippen LogP) is 2.99. The van der Waals surface area contributed by atoms with E-state index >= 15 is 0 Å². The summed E-state index contributed by atoms with van der Waals surface area (Å²) in [7, 11) is 0. The molecule has 0 unspecified atom stereocenters. The van der Waals surface area contributed by atoms with E-state index in [2.05, 4.69) is 0 Å². The van der Waals surface area contributed by atoms with Gasteiger partial charge in [0, 0.05) is 6.42 Å². The van der Waals surface area contributed by atoms with Gasteiger partial charge < -0.3 is 5.11 Å². The third-order valence-electron chi connectivity index (χ3n) is 2.39. The lowest BCUT2D eigenvalue weighted by atomic mass is 10.0. The number of aryl methyl sites for hydroxylation is 2. The van der Waals surface area contributed by atoms with Crippen LogP contribution in [0, 0.1) is 13.8 Å². The second-order valence-electron chi connectivity index (χ2n) is 3.63. The van der Waals surface area contributed by atoms with Gasteiger partial charge in [0.05, 0.1) is 5.56 Å². The lowest BCUT2D eigenvalue weighted by Crippen LogP contribution is -2.00. The average Bonchev–Trinajstić information content (AvgIpc) is 2.11. The maximum atomic E-state index is 11.6. The first kappa shape index (κ1) is 10.8. The van der Waals surface area contributed by atoms with E-state index in [0.29, 0.717) is 12.0 Å². The highest BCUT2D eigenvalue weighted by Gasteiger charge is 2.11. The Morgan fingerprint density at radius 2 is 1.86 bits per heavy atom. The first-order chi connectivity index (χ1) is 6.56. The monoisotopic (exact) mass is 192 g/mol. The zero-order valence-electron chi connectivity index (χ0n) is 8.92. The van der Waals surface area contributed by atoms with Crippen LogP contribution in [0.15, 0.2) is 12.1 Å². The molecule has 0 aliphatic rings. The summed E-state index contributed by atoms with van der Waals surface area (Å²) in [6.45, 7) is 5.82. The third-order valence-corrected chi connectivity index (χ3v) is 2.39. The van der Waals surface area contributed by atoms with E-state index in [1.807, 2.05) is 20.8 Å². The molecule has 0 aromatic heterocycles. The predicted molar refractivity (Wildman–Crippen MR) is 56.8 cm³/mol. The first-order valence-corrected chi connectivity index (χ1v) is 4.89. The lowest BCUT2D eigenvalue weighted by Gasteiger charge is -2.06. The normalized spacial score (nSPS) is 10.2. The molecule has 0 radical (unpaired) electrons. The molecule has 14 heavy (non-hydrogen) atoms. The molecule has 76 valence electrons. The Bertz CT molecular complexity index is 354. The smallest absolute Gasteiger partial charge is 0.166 e. The van der Waals surface area contributed by atoms with Crippen LogP contribution in [0.25, 0.3) is 0 Å². The number of rotatable bonds is 3. The van der Waals surface area contributed by atoms with Crippen LogP contribution in [0.2, 0.25) is 0 Å². The van der Waals surface area contributed by atoms with Crippen LogP contribution in [0.4, 0.5) is 0 Å². The summed E-state index contributed by atoms with van der Waals surface area (Å²) in [6, 6.07) is 3.42. The van der Waals surface area contributed by atoms with Gasteiger partial charge in [-0.05, 0) is 43.5 Å². The van der Waals surface area contributed by atoms with E-state index in [-0.39, 0.29) is 11.5 Å². The van der Waals surface area contributed by atoms with Crippen LogP contribution in [0.5, 0.6) is 5.75 Å². The Kier molecular flexibility index (Phi) is 3.28. The molecular weight excluding hydrogens is 176 g/mol. The molecule has 1 aromatic carbocycles. The summed E-state index contributed by atoms with van der Waals surface area (Å²) in [6.07, 6.45) is 1.31. The third kappa shape index (κ3) is 2.13. The molecule has 0 saturated carbocycles. The van der Waals surface area contributed by atoms with Crippen molar-refractivity contribution in [2.75, 3.05) is 0 Å². The Hall–Kier alpha value is -1.31. The summed E-state index contributed by atoms with van der Waals surface area (Å²) < 4.78 is 0. The molecule has 0 spiro atoms. The van der Waals surface area contributed by atoms with Crippen molar-refractivity contribution in [3.8, 4) is 5.75 Å². The first-order valence-electron chi connectivity index (χ1n) is 4.89. The highest BCUT2D eigenvalue weighted by Crippen LogP contribution is 2.23. The van der Waals surface area contributed by atoms with Crippen molar-refractivity contribution in [3.63, 3.8) is 0 Å². The number of carbonyl (C=O) groups is 1. The Labute approximate surface area is 84.6 Å². The average molecular weight is 192 g/mol. The van der Waals surface area contributed by atoms with Gasteiger partial charge in [-0.1, -0.05) is 6.92 Å². The van der Waals surface area contributed by atoms with Crippen molar-refractivity contribution in [3.05, 3.63) is 28.8 Å². The zero-order valence-corrected chi connectivity index (χ0v) is 8.92. The van der Waals surface area contributed by atoms with Crippen LogP contribution >= 0.6 is 0 Å². The summed E-state index contributed by atoms with van der Waals surface area (Å²) in [5.41, 5.74) is 2.51. The van der Waals surface area contributed by atoms with Crippen molar-refractivity contribution < 1.29 is 9.90 Å². The Morgan fingerprint density at radius 3 is 2.43 bits per heavy atom. The number of phenols is 1. The van der Waals surface area contributed by atoms with Crippen molar-refractivity contribution >= 4 is 5.78 Å². The van der Waals surface area contributed by atoms with E-state index < -0.39 is 0 Å². The molecule has 1 N–H and O–H groups in total. The molecule has 2 heteroatoms. The quantitative estimate of drug-likeness (QED) is 0.747. The van der Waals surface area contributed by atoms with Crippen LogP contribution in [0.3, 0.4) is 0 Å². The second-order valence-corrected chi connectivity index (χ2v) is 3.63. The van der Waals surface area contributed by atoms with E-state index in [4.69, 9.17) is 0 Å². The van der Waals surface area contributed by atoms with Crippen LogP contribution in [-0.4, -0.2) is 10.9 Å². The van der Waals surface area contributed by atoms with E-state index in [9.17, 15) is 9.90 Å². The fourth-order valence-electron chi connectivity index (χ4n) is 1.39. The van der Waals surface area contributed by atoms with Gasteiger partial charge in [-0.2, -0.15) is 0 Å². The van der Waals surface area contributed by atoms with E-state index in [1.54, 1.807) is 12.1 Å². The van der Waals surface area contributed by atoms with Crippen LogP contribution < -0.4 is 0 Å². The number of ketones is 1. The van der Waals surface area contributed by atoms with E-state index in [1.165, 1.54) is 0 Å². The topological polar surface area (TPSA) is 37.3 Å². The van der Waals surface area contributed by atoms with Gasteiger partial charge in [0.15, 0.2) is 5.78 Å². The minimum atomic E-state index is 0.0214. The number of phenolic OH excluding ortho intramolecular Hbond substituents is 1. The van der Waals surface area contributed by atoms with Gasteiger partial charge in [-0.3, -0.25) is 4.79 Å². The van der Waals surface area contributed by atoms with Crippen LogP contribution in [0.1, 0.15) is 41.3 Å². The number of benzene rings is 1. The molecule has 0 atom stereocenters. The summed E-state index contributed by atoms with van der Waals surface area (Å²) in [4.78, 5) is 11.6. The van der Waals surface area contributed by atoms with Crippen molar-refractivity contribution in [2.45, 2.75) is 33.6 Å². The van der Waals surface area contributed by atoms with Gasteiger partial charge >= 0.3 is 0 Å². The van der Waals surface area contributed by atoms with Gasteiger partial charge in [-0.15, -0.1) is 0 Å². The van der Waals surface area contributed by atoms with Crippen LogP contribution in [-0.2, 0) is 0 Å². The second kappa shape index (κ2) is 4.27. The number of hydrogen-bond acceptors (Lipinski definition) is 2. The summed E-state index contributed by atoms with van der Waals surface area (Å²) in [5.74, 6) is 0.125. The highest BCUT2D eigenvalue weighted by molar-refractivity contribution is 5.98. The summed E-state index contributed by atoms with van der Waals surface area (Å²) >= 11 is 0.